The summed E-state index contributed by atoms with van der Waals surface area (Å²) in [5.74, 6) is -1.21. The van der Waals surface area contributed by atoms with Gasteiger partial charge in [-0.05, 0) is 56.1 Å². The van der Waals surface area contributed by atoms with Gasteiger partial charge in [0.25, 0.3) is 11.8 Å². The fraction of sp³-hybridized carbons (Fsp3) is 0.211. The zero-order chi connectivity index (χ0) is 21.3. The zero-order valence-electron chi connectivity index (χ0n) is 15.8. The molecule has 1 aromatic carbocycles. The van der Waals surface area contributed by atoms with Crippen molar-refractivity contribution in [3.05, 3.63) is 53.1 Å². The number of pyridine rings is 1. The van der Waals surface area contributed by atoms with Crippen LogP contribution in [0.2, 0.25) is 5.02 Å². The number of aliphatic hydroxyl groups is 1. The van der Waals surface area contributed by atoms with Gasteiger partial charge < -0.3 is 15.0 Å². The molecule has 2 aromatic heterocycles. The molecule has 0 fully saturated rings. The third-order valence-corrected chi connectivity index (χ3v) is 5.29. The molecule has 10 heteroatoms. The standard InChI is InChI=1S/C19H18ClFN4O3S/c1-19(2,28)18(27)24-29-10-4-7-15(22-9-10)23-17(26)14-8-11-13(25(14)3)6-5-12(21)16(11)20/h4-9,28H,1-3H3,(H,24,27)(H,22,23,26). The van der Waals surface area contributed by atoms with Crippen molar-refractivity contribution in [2.45, 2.75) is 24.3 Å². The van der Waals surface area contributed by atoms with Crippen molar-refractivity contribution < 1.29 is 19.1 Å². The van der Waals surface area contributed by atoms with Crippen LogP contribution in [-0.4, -0.2) is 32.1 Å². The number of hydrogen-bond acceptors (Lipinski definition) is 5. The molecule has 2 heterocycles. The lowest BCUT2D eigenvalue weighted by atomic mass is 10.1. The van der Waals surface area contributed by atoms with Gasteiger partial charge in [-0.15, -0.1) is 0 Å². The molecule has 3 aromatic rings. The Morgan fingerprint density at radius 1 is 1.28 bits per heavy atom. The van der Waals surface area contributed by atoms with Crippen LogP contribution in [0, 0.1) is 5.82 Å². The number of nitrogens with zero attached hydrogens (tertiary/aromatic N) is 2. The smallest absolute Gasteiger partial charge is 0.273 e. The summed E-state index contributed by atoms with van der Waals surface area (Å²) in [4.78, 5) is 29.0. The molecule has 0 aliphatic carbocycles. The fourth-order valence-electron chi connectivity index (χ4n) is 2.49. The molecule has 0 saturated carbocycles. The highest BCUT2D eigenvalue weighted by molar-refractivity contribution is 7.98. The number of amides is 2. The minimum Gasteiger partial charge on any atom is -0.381 e. The van der Waals surface area contributed by atoms with Gasteiger partial charge >= 0.3 is 0 Å². The van der Waals surface area contributed by atoms with E-state index in [0.717, 1.165) is 11.9 Å². The van der Waals surface area contributed by atoms with Crippen LogP contribution in [0.5, 0.6) is 0 Å². The van der Waals surface area contributed by atoms with E-state index in [1.165, 1.54) is 32.2 Å². The first-order chi connectivity index (χ1) is 13.6. The first-order valence-corrected chi connectivity index (χ1v) is 9.68. The van der Waals surface area contributed by atoms with E-state index in [2.05, 4.69) is 15.0 Å². The zero-order valence-corrected chi connectivity index (χ0v) is 17.4. The van der Waals surface area contributed by atoms with Crippen molar-refractivity contribution in [3.8, 4) is 0 Å². The van der Waals surface area contributed by atoms with Crippen LogP contribution in [0.1, 0.15) is 24.3 Å². The third-order valence-electron chi connectivity index (χ3n) is 4.14. The van der Waals surface area contributed by atoms with Gasteiger partial charge in [0, 0.05) is 23.5 Å². The normalized spacial score (nSPS) is 11.5. The number of aryl methyl sites for hydroxylation is 1. The fourth-order valence-corrected chi connectivity index (χ4v) is 3.41. The number of nitrogens with one attached hydrogen (secondary N) is 2. The third kappa shape index (κ3) is 4.52. The van der Waals surface area contributed by atoms with Crippen LogP contribution in [0.3, 0.4) is 0 Å². The SMILES string of the molecule is Cn1c(C(=O)Nc2ccc(SNC(=O)C(C)(C)O)cn2)cc2c(Cl)c(F)ccc21. The van der Waals surface area contributed by atoms with Gasteiger partial charge in [-0.2, -0.15) is 0 Å². The van der Waals surface area contributed by atoms with Gasteiger partial charge in [0.2, 0.25) is 0 Å². The van der Waals surface area contributed by atoms with Crippen LogP contribution in [-0.2, 0) is 11.8 Å². The average molecular weight is 437 g/mol. The number of hydrogen-bond donors (Lipinski definition) is 3. The molecule has 7 nitrogen and oxygen atoms in total. The van der Waals surface area contributed by atoms with Gasteiger partial charge in [0.05, 0.1) is 10.5 Å². The molecule has 0 spiro atoms. The molecule has 3 rings (SSSR count). The summed E-state index contributed by atoms with van der Waals surface area (Å²) in [7, 11) is 1.68. The highest BCUT2D eigenvalue weighted by Crippen LogP contribution is 2.29. The molecule has 0 radical (unpaired) electrons. The lowest BCUT2D eigenvalue weighted by Gasteiger charge is -2.15. The molecule has 152 valence electrons. The molecular formula is C19H18ClFN4O3S. The highest BCUT2D eigenvalue weighted by atomic mass is 35.5. The summed E-state index contributed by atoms with van der Waals surface area (Å²) < 4.78 is 17.8. The van der Waals surface area contributed by atoms with Gasteiger partial charge in [0.1, 0.15) is 22.9 Å². The van der Waals surface area contributed by atoms with Crippen LogP contribution in [0.15, 0.2) is 41.4 Å². The van der Waals surface area contributed by atoms with E-state index in [1.54, 1.807) is 29.8 Å². The number of benzene rings is 1. The van der Waals surface area contributed by atoms with Crippen LogP contribution >= 0.6 is 23.5 Å². The number of aromatic nitrogens is 2. The number of fused-ring (bicyclic) bond motifs is 1. The highest BCUT2D eigenvalue weighted by Gasteiger charge is 2.23. The Morgan fingerprint density at radius 2 is 2.00 bits per heavy atom. The Kier molecular flexibility index (Phi) is 5.83. The lowest BCUT2D eigenvalue weighted by Crippen LogP contribution is -2.38. The lowest BCUT2D eigenvalue weighted by molar-refractivity contribution is -0.134. The molecule has 0 atom stereocenters. The molecule has 0 bridgehead atoms. The Labute approximate surface area is 175 Å². The second-order valence-corrected chi connectivity index (χ2v) is 8.07. The van der Waals surface area contributed by atoms with E-state index in [0.29, 0.717) is 27.3 Å². The molecule has 2 amide bonds. The molecule has 3 N–H and O–H groups in total. The maximum atomic E-state index is 13.7. The van der Waals surface area contributed by atoms with Crippen LogP contribution < -0.4 is 10.0 Å². The van der Waals surface area contributed by atoms with Crippen molar-refractivity contribution in [3.63, 3.8) is 0 Å². The van der Waals surface area contributed by atoms with Crippen LogP contribution in [0.25, 0.3) is 10.9 Å². The summed E-state index contributed by atoms with van der Waals surface area (Å²) in [5.41, 5.74) is -0.562. The number of halogens is 2. The maximum Gasteiger partial charge on any atom is 0.273 e. The van der Waals surface area contributed by atoms with Crippen LogP contribution in [0.4, 0.5) is 10.2 Å². The van der Waals surface area contributed by atoms with E-state index in [9.17, 15) is 19.1 Å². The summed E-state index contributed by atoms with van der Waals surface area (Å²) in [6, 6.07) is 7.56. The van der Waals surface area contributed by atoms with Crippen molar-refractivity contribution in [2.24, 2.45) is 7.05 Å². The van der Waals surface area contributed by atoms with Crippen molar-refractivity contribution in [1.82, 2.24) is 14.3 Å². The second-order valence-electron chi connectivity index (χ2n) is 6.81. The predicted octanol–water partition coefficient (Wildman–Crippen LogP) is 3.51. The van der Waals surface area contributed by atoms with Gasteiger partial charge in [-0.25, -0.2) is 9.37 Å². The molecule has 0 aliphatic rings. The van der Waals surface area contributed by atoms with E-state index in [4.69, 9.17) is 11.6 Å². The van der Waals surface area contributed by atoms with E-state index in [1.807, 2.05) is 0 Å². The Balaban J connectivity index is 1.71. The number of anilines is 1. The summed E-state index contributed by atoms with van der Waals surface area (Å²) in [6.45, 7) is 2.77. The minimum atomic E-state index is -1.49. The largest absolute Gasteiger partial charge is 0.381 e. The number of rotatable bonds is 5. The summed E-state index contributed by atoms with van der Waals surface area (Å²) in [6.07, 6.45) is 1.47. The topological polar surface area (TPSA) is 96.2 Å². The summed E-state index contributed by atoms with van der Waals surface area (Å²) in [5, 5.41) is 12.7. The van der Waals surface area contributed by atoms with Crippen molar-refractivity contribution in [2.75, 3.05) is 5.32 Å². The van der Waals surface area contributed by atoms with Crippen molar-refractivity contribution in [1.29, 1.82) is 0 Å². The average Bonchev–Trinajstić information content (AvgIpc) is 3.00. The van der Waals surface area contributed by atoms with Gasteiger partial charge in [0.15, 0.2) is 0 Å². The van der Waals surface area contributed by atoms with Crippen molar-refractivity contribution >= 4 is 52.1 Å². The van der Waals surface area contributed by atoms with E-state index in [-0.39, 0.29) is 5.02 Å². The minimum absolute atomic E-state index is 0.0373. The van der Waals surface area contributed by atoms with Gasteiger partial charge in [-0.1, -0.05) is 11.6 Å². The number of carbonyl (C=O) groups excluding carboxylic acids is 2. The molecule has 0 saturated heterocycles. The molecule has 29 heavy (non-hydrogen) atoms. The van der Waals surface area contributed by atoms with Gasteiger partial charge in [-0.3, -0.25) is 14.3 Å². The quantitative estimate of drug-likeness (QED) is 0.532. The first-order valence-electron chi connectivity index (χ1n) is 8.48. The van der Waals surface area contributed by atoms with E-state index >= 15 is 0 Å². The Bertz CT molecular complexity index is 1090. The Morgan fingerprint density at radius 3 is 2.62 bits per heavy atom. The predicted molar refractivity (Wildman–Crippen MR) is 110 cm³/mol. The summed E-state index contributed by atoms with van der Waals surface area (Å²) >= 11 is 6.99. The Hall–Kier alpha value is -2.62. The molecule has 0 unspecified atom stereocenters. The molecule has 0 aliphatic heterocycles. The molecular weight excluding hydrogens is 419 g/mol. The van der Waals surface area contributed by atoms with E-state index < -0.39 is 23.2 Å². The first kappa shape index (κ1) is 21.1. The number of carbonyl (C=O) groups is 2. The monoisotopic (exact) mass is 436 g/mol. The second kappa shape index (κ2) is 8.02. The maximum absolute atomic E-state index is 13.7.